The number of imidazole rings is 1. The summed E-state index contributed by atoms with van der Waals surface area (Å²) in [4.78, 5) is 18.2. The predicted octanol–water partition coefficient (Wildman–Crippen LogP) is 0.882. The maximum absolute atomic E-state index is 12.3. The molecular weight excluding hydrogens is 228 g/mol. The van der Waals surface area contributed by atoms with E-state index in [4.69, 9.17) is 0 Å². The van der Waals surface area contributed by atoms with Crippen molar-refractivity contribution in [1.29, 1.82) is 0 Å². The number of carbonyl (C=O) groups is 1. The van der Waals surface area contributed by atoms with Crippen molar-refractivity contribution in [3.05, 3.63) is 18.2 Å². The third kappa shape index (κ3) is 2.90. The second-order valence-electron chi connectivity index (χ2n) is 5.02. The monoisotopic (exact) mass is 250 g/mol. The average Bonchev–Trinajstić information content (AvgIpc) is 2.82. The molecule has 0 radical (unpaired) electrons. The van der Waals surface area contributed by atoms with Crippen LogP contribution in [0.3, 0.4) is 0 Å². The lowest BCUT2D eigenvalue weighted by Crippen LogP contribution is -2.39. The van der Waals surface area contributed by atoms with Crippen LogP contribution >= 0.6 is 0 Å². The molecule has 0 unspecified atom stereocenters. The van der Waals surface area contributed by atoms with Gasteiger partial charge in [0.1, 0.15) is 5.69 Å². The highest BCUT2D eigenvalue weighted by Gasteiger charge is 2.24. The lowest BCUT2D eigenvalue weighted by atomic mass is 9.93. The summed E-state index contributed by atoms with van der Waals surface area (Å²) in [5, 5.41) is 3.19. The first-order chi connectivity index (χ1) is 8.72. The number of hydrogen-bond acceptors (Lipinski definition) is 3. The van der Waals surface area contributed by atoms with Crippen molar-refractivity contribution in [3.63, 3.8) is 0 Å². The number of hydrogen-bond donors (Lipinski definition) is 1. The van der Waals surface area contributed by atoms with Gasteiger partial charge in [-0.25, -0.2) is 4.98 Å². The summed E-state index contributed by atoms with van der Waals surface area (Å²) < 4.78 is 1.79. The van der Waals surface area contributed by atoms with Crippen LogP contribution in [0.2, 0.25) is 0 Å². The van der Waals surface area contributed by atoms with Gasteiger partial charge in [0.2, 0.25) is 0 Å². The molecule has 5 nitrogen and oxygen atoms in total. The van der Waals surface area contributed by atoms with Crippen LogP contribution in [0.5, 0.6) is 0 Å². The molecule has 1 saturated heterocycles. The maximum Gasteiger partial charge on any atom is 0.272 e. The fourth-order valence-electron chi connectivity index (χ4n) is 2.50. The van der Waals surface area contributed by atoms with Crippen molar-refractivity contribution in [2.45, 2.75) is 19.3 Å². The quantitative estimate of drug-likeness (QED) is 0.863. The Morgan fingerprint density at radius 3 is 2.78 bits per heavy atom. The smallest absolute Gasteiger partial charge is 0.272 e. The number of carbonyl (C=O) groups excluding carboxylic acids is 1. The van der Waals surface area contributed by atoms with E-state index in [0.29, 0.717) is 5.69 Å². The number of nitrogens with one attached hydrogen (secondary N) is 1. The predicted molar refractivity (Wildman–Crippen MR) is 70.4 cm³/mol. The standard InChI is InChI=1S/C13H22N4O/c1-14-6-3-11-4-7-17(8-5-11)13(18)12-9-15-10-16(12)2/h9-11,14H,3-8H2,1-2H3. The number of likely N-dealkylation sites (tertiary alicyclic amines) is 1. The SMILES string of the molecule is CNCCC1CCN(C(=O)c2cncn2C)CC1. The molecule has 0 aliphatic carbocycles. The normalized spacial score (nSPS) is 17.1. The van der Waals surface area contributed by atoms with E-state index in [1.54, 1.807) is 17.1 Å². The van der Waals surface area contributed by atoms with E-state index in [1.165, 1.54) is 6.42 Å². The van der Waals surface area contributed by atoms with Crippen LogP contribution < -0.4 is 5.32 Å². The molecule has 2 rings (SSSR count). The van der Waals surface area contributed by atoms with Gasteiger partial charge in [0.05, 0.1) is 12.5 Å². The first-order valence-electron chi connectivity index (χ1n) is 6.62. The number of nitrogens with zero attached hydrogens (tertiary/aromatic N) is 3. The lowest BCUT2D eigenvalue weighted by molar-refractivity contribution is 0.0677. The van der Waals surface area contributed by atoms with Gasteiger partial charge in [0.15, 0.2) is 0 Å². The van der Waals surface area contributed by atoms with E-state index < -0.39 is 0 Å². The van der Waals surface area contributed by atoms with E-state index in [1.807, 2.05) is 19.0 Å². The summed E-state index contributed by atoms with van der Waals surface area (Å²) in [6, 6.07) is 0. The average molecular weight is 250 g/mol. The summed E-state index contributed by atoms with van der Waals surface area (Å²) in [6.07, 6.45) is 6.77. The van der Waals surface area contributed by atoms with Gasteiger partial charge in [0, 0.05) is 20.1 Å². The van der Waals surface area contributed by atoms with Gasteiger partial charge in [-0.2, -0.15) is 0 Å². The minimum Gasteiger partial charge on any atom is -0.337 e. The van der Waals surface area contributed by atoms with Crippen molar-refractivity contribution < 1.29 is 4.79 Å². The van der Waals surface area contributed by atoms with E-state index in [-0.39, 0.29) is 5.91 Å². The zero-order chi connectivity index (χ0) is 13.0. The topological polar surface area (TPSA) is 50.2 Å². The molecule has 0 bridgehead atoms. The molecule has 1 aliphatic heterocycles. The van der Waals surface area contributed by atoms with E-state index in [0.717, 1.165) is 38.4 Å². The van der Waals surface area contributed by atoms with Gasteiger partial charge in [0.25, 0.3) is 5.91 Å². The highest BCUT2D eigenvalue weighted by atomic mass is 16.2. The summed E-state index contributed by atoms with van der Waals surface area (Å²) in [5.41, 5.74) is 0.684. The summed E-state index contributed by atoms with van der Waals surface area (Å²) >= 11 is 0. The van der Waals surface area contributed by atoms with Gasteiger partial charge in [-0.15, -0.1) is 0 Å². The molecule has 0 spiro atoms. The molecule has 1 N–H and O–H groups in total. The third-order valence-electron chi connectivity index (χ3n) is 3.74. The summed E-state index contributed by atoms with van der Waals surface area (Å²) in [5.74, 6) is 0.870. The molecule has 0 aromatic carbocycles. The van der Waals surface area contributed by atoms with Crippen molar-refractivity contribution in [3.8, 4) is 0 Å². The molecule has 2 heterocycles. The molecule has 1 amide bonds. The largest absolute Gasteiger partial charge is 0.337 e. The lowest BCUT2D eigenvalue weighted by Gasteiger charge is -2.32. The zero-order valence-corrected chi connectivity index (χ0v) is 11.2. The molecule has 5 heteroatoms. The fourth-order valence-corrected chi connectivity index (χ4v) is 2.50. The van der Waals surface area contributed by atoms with Crippen molar-refractivity contribution in [2.24, 2.45) is 13.0 Å². The van der Waals surface area contributed by atoms with Crippen LogP contribution in [-0.2, 0) is 7.05 Å². The van der Waals surface area contributed by atoms with Crippen LogP contribution in [0.1, 0.15) is 29.8 Å². The van der Waals surface area contributed by atoms with Crippen LogP contribution in [0.4, 0.5) is 0 Å². The minimum absolute atomic E-state index is 0.113. The van der Waals surface area contributed by atoms with E-state index in [9.17, 15) is 4.79 Å². The molecule has 100 valence electrons. The molecule has 1 aromatic heterocycles. The van der Waals surface area contributed by atoms with Crippen LogP contribution in [0.15, 0.2) is 12.5 Å². The van der Waals surface area contributed by atoms with Crippen molar-refractivity contribution in [1.82, 2.24) is 19.8 Å². The molecule has 0 atom stereocenters. The van der Waals surface area contributed by atoms with Gasteiger partial charge in [-0.3, -0.25) is 4.79 Å². The van der Waals surface area contributed by atoms with Crippen LogP contribution in [-0.4, -0.2) is 47.0 Å². The van der Waals surface area contributed by atoms with Crippen molar-refractivity contribution in [2.75, 3.05) is 26.7 Å². The highest BCUT2D eigenvalue weighted by Crippen LogP contribution is 2.21. The Morgan fingerprint density at radius 1 is 1.50 bits per heavy atom. The Labute approximate surface area is 108 Å². The second-order valence-corrected chi connectivity index (χ2v) is 5.02. The third-order valence-corrected chi connectivity index (χ3v) is 3.74. The summed E-state index contributed by atoms with van der Waals surface area (Å²) in [7, 11) is 3.85. The Hall–Kier alpha value is -1.36. The Bertz CT molecular complexity index is 393. The number of amides is 1. The van der Waals surface area contributed by atoms with Crippen LogP contribution in [0, 0.1) is 5.92 Å². The molecular formula is C13H22N4O. The minimum atomic E-state index is 0.113. The van der Waals surface area contributed by atoms with Crippen molar-refractivity contribution >= 4 is 5.91 Å². The maximum atomic E-state index is 12.3. The molecule has 1 aromatic rings. The van der Waals surface area contributed by atoms with Gasteiger partial charge in [-0.1, -0.05) is 0 Å². The van der Waals surface area contributed by atoms with Gasteiger partial charge in [-0.05, 0) is 38.8 Å². The van der Waals surface area contributed by atoms with E-state index >= 15 is 0 Å². The Kier molecular flexibility index (Phi) is 4.36. The Balaban J connectivity index is 1.86. The van der Waals surface area contributed by atoms with Gasteiger partial charge >= 0.3 is 0 Å². The van der Waals surface area contributed by atoms with E-state index in [2.05, 4.69) is 10.3 Å². The van der Waals surface area contributed by atoms with Gasteiger partial charge < -0.3 is 14.8 Å². The molecule has 1 fully saturated rings. The Morgan fingerprint density at radius 2 is 2.22 bits per heavy atom. The zero-order valence-electron chi connectivity index (χ0n) is 11.2. The first kappa shape index (κ1) is 13.1. The number of rotatable bonds is 4. The van der Waals surface area contributed by atoms with Crippen LogP contribution in [0.25, 0.3) is 0 Å². The second kappa shape index (κ2) is 6.00. The molecule has 0 saturated carbocycles. The first-order valence-corrected chi connectivity index (χ1v) is 6.62. The molecule has 1 aliphatic rings. The highest BCUT2D eigenvalue weighted by molar-refractivity contribution is 5.92. The molecule has 18 heavy (non-hydrogen) atoms. The fraction of sp³-hybridized carbons (Fsp3) is 0.692. The number of piperidine rings is 1. The number of aryl methyl sites for hydroxylation is 1. The summed E-state index contributed by atoms with van der Waals surface area (Å²) in [6.45, 7) is 2.82. The number of aromatic nitrogens is 2.